The molecule has 0 unspecified atom stereocenters. The molecule has 9 aromatic rings. The van der Waals surface area contributed by atoms with Crippen molar-refractivity contribution < 1.29 is 0 Å². The van der Waals surface area contributed by atoms with Crippen LogP contribution < -0.4 is 16.4 Å². The zero-order chi connectivity index (χ0) is 28.4. The molecule has 0 saturated heterocycles. The molecular weight excluding hydrogens is 521 g/mol. The molecule has 0 aliphatic carbocycles. The van der Waals surface area contributed by atoms with Crippen molar-refractivity contribution in [1.29, 1.82) is 0 Å². The van der Waals surface area contributed by atoms with Gasteiger partial charge in [0.05, 0.1) is 22.1 Å². The van der Waals surface area contributed by atoms with Crippen LogP contribution in [0.3, 0.4) is 0 Å². The van der Waals surface area contributed by atoms with Crippen molar-refractivity contribution in [2.75, 3.05) is 0 Å². The monoisotopic (exact) mass is 547 g/mol. The molecule has 2 aliphatic rings. The first-order chi connectivity index (χ1) is 21.0. The summed E-state index contributed by atoms with van der Waals surface area (Å²) in [7, 11) is 0. The van der Waals surface area contributed by atoms with Gasteiger partial charge in [0.2, 0.25) is 0 Å². The highest BCUT2D eigenvalue weighted by Crippen LogP contribution is 2.44. The van der Waals surface area contributed by atoms with Crippen molar-refractivity contribution in [3.8, 4) is 17.1 Å². The molecule has 5 heterocycles. The maximum atomic E-state index is 5.37. The Kier molecular flexibility index (Phi) is 3.71. The highest BCUT2D eigenvalue weighted by Gasteiger charge is 2.42. The SMILES string of the molecule is CC(C)(C)c1cc2c3cccc4c3n3c5c6c(ccc5c(c1)c23)-n1c(-c2ccccc2)nc2cc3ccccc3c(c21)B46. The maximum absolute atomic E-state index is 5.37. The van der Waals surface area contributed by atoms with Gasteiger partial charge in [-0.3, -0.25) is 4.57 Å². The molecule has 3 aromatic heterocycles. The number of benzene rings is 6. The summed E-state index contributed by atoms with van der Waals surface area (Å²) in [6.07, 6.45) is 0. The van der Waals surface area contributed by atoms with Gasteiger partial charge in [0.25, 0.3) is 6.71 Å². The van der Waals surface area contributed by atoms with Gasteiger partial charge in [0.1, 0.15) is 5.82 Å². The van der Waals surface area contributed by atoms with E-state index in [1.807, 2.05) is 0 Å². The van der Waals surface area contributed by atoms with Gasteiger partial charge in [-0.1, -0.05) is 99.6 Å². The van der Waals surface area contributed by atoms with Crippen LogP contribution in [0.4, 0.5) is 0 Å². The average molecular weight is 547 g/mol. The molecular formula is C39H26BN3. The fraction of sp³-hybridized carbons (Fsp3) is 0.103. The minimum Gasteiger partial charge on any atom is -0.309 e. The van der Waals surface area contributed by atoms with Crippen molar-refractivity contribution in [2.24, 2.45) is 0 Å². The summed E-state index contributed by atoms with van der Waals surface area (Å²) >= 11 is 0. The number of aromatic nitrogens is 3. The molecule has 0 spiro atoms. The van der Waals surface area contributed by atoms with E-state index in [1.165, 1.54) is 82.0 Å². The van der Waals surface area contributed by atoms with Gasteiger partial charge in [-0.2, -0.15) is 0 Å². The quantitative estimate of drug-likeness (QED) is 0.196. The lowest BCUT2D eigenvalue weighted by Gasteiger charge is -2.31. The summed E-state index contributed by atoms with van der Waals surface area (Å²) in [4.78, 5) is 5.37. The molecule has 0 radical (unpaired) electrons. The fourth-order valence-electron chi connectivity index (χ4n) is 8.55. The van der Waals surface area contributed by atoms with Crippen molar-refractivity contribution in [3.05, 3.63) is 109 Å². The number of nitrogens with zero attached hydrogens (tertiary/aromatic N) is 3. The van der Waals surface area contributed by atoms with E-state index in [0.717, 1.165) is 16.9 Å². The third-order valence-corrected chi connectivity index (χ3v) is 10.4. The van der Waals surface area contributed by atoms with Gasteiger partial charge >= 0.3 is 0 Å². The van der Waals surface area contributed by atoms with E-state index < -0.39 is 0 Å². The first-order valence-corrected chi connectivity index (χ1v) is 15.3. The Hall–Kier alpha value is -5.09. The number of para-hydroxylation sites is 1. The molecule has 0 amide bonds. The van der Waals surface area contributed by atoms with Gasteiger partial charge < -0.3 is 4.40 Å². The Morgan fingerprint density at radius 2 is 1.35 bits per heavy atom. The minimum absolute atomic E-state index is 0.0607. The molecule has 3 nitrogen and oxygen atoms in total. The Morgan fingerprint density at radius 3 is 2.16 bits per heavy atom. The number of fused-ring (bicyclic) bond motifs is 7. The predicted octanol–water partition coefficient (Wildman–Crippen LogP) is 7.44. The van der Waals surface area contributed by atoms with Gasteiger partial charge in [0, 0.05) is 38.3 Å². The molecule has 0 saturated carbocycles. The van der Waals surface area contributed by atoms with Gasteiger partial charge in [0.15, 0.2) is 0 Å². The van der Waals surface area contributed by atoms with Gasteiger partial charge in [-0.15, -0.1) is 0 Å². The van der Waals surface area contributed by atoms with Crippen LogP contribution in [-0.2, 0) is 5.41 Å². The van der Waals surface area contributed by atoms with E-state index in [-0.39, 0.29) is 12.1 Å². The Labute approximate surface area is 248 Å². The van der Waals surface area contributed by atoms with Crippen LogP contribution in [0.15, 0.2) is 103 Å². The van der Waals surface area contributed by atoms with E-state index >= 15 is 0 Å². The lowest BCUT2D eigenvalue weighted by molar-refractivity contribution is 0.592. The zero-order valence-corrected chi connectivity index (χ0v) is 24.2. The van der Waals surface area contributed by atoms with E-state index in [9.17, 15) is 0 Å². The number of rotatable bonds is 1. The third kappa shape index (κ3) is 2.47. The molecule has 4 heteroatoms. The Morgan fingerprint density at radius 1 is 0.605 bits per heavy atom. The zero-order valence-electron chi connectivity index (χ0n) is 24.2. The average Bonchev–Trinajstić information content (AvgIpc) is 3.68. The lowest BCUT2D eigenvalue weighted by Crippen LogP contribution is -2.58. The second kappa shape index (κ2) is 7.10. The molecule has 200 valence electrons. The van der Waals surface area contributed by atoms with Crippen LogP contribution in [0.25, 0.3) is 77.0 Å². The van der Waals surface area contributed by atoms with Crippen molar-refractivity contribution in [1.82, 2.24) is 14.0 Å². The smallest absolute Gasteiger partial charge is 0.253 e. The van der Waals surface area contributed by atoms with Crippen LogP contribution in [-0.4, -0.2) is 20.7 Å². The summed E-state index contributed by atoms with van der Waals surface area (Å²) in [5.74, 6) is 1.01. The number of hydrogen-bond donors (Lipinski definition) is 0. The Bertz CT molecular complexity index is 2700. The summed E-state index contributed by atoms with van der Waals surface area (Å²) < 4.78 is 5.08. The van der Waals surface area contributed by atoms with E-state index in [1.54, 1.807) is 0 Å². The van der Waals surface area contributed by atoms with E-state index in [0.29, 0.717) is 0 Å². The molecule has 0 fully saturated rings. The van der Waals surface area contributed by atoms with Crippen molar-refractivity contribution >= 4 is 83.0 Å². The maximum Gasteiger partial charge on any atom is 0.253 e. The molecule has 0 N–H and O–H groups in total. The lowest BCUT2D eigenvalue weighted by atomic mass is 9.34. The summed E-state index contributed by atoms with van der Waals surface area (Å²) in [6, 6.07) is 38.6. The highest BCUT2D eigenvalue weighted by atomic mass is 15.1. The predicted molar refractivity (Wildman–Crippen MR) is 182 cm³/mol. The third-order valence-electron chi connectivity index (χ3n) is 10.4. The van der Waals surface area contributed by atoms with Crippen LogP contribution in [0.2, 0.25) is 0 Å². The second-order valence-corrected chi connectivity index (χ2v) is 13.6. The molecule has 0 bridgehead atoms. The standard InChI is InChI=1S/C39H26BN3/c1-39(2,3)23-19-27-25-14-9-15-29-35(25)43-34(27)28(20-23)26-16-17-31-33(36(26)43)40(29)32-24-13-8-7-12-22(24)18-30-37(32)42(31)38(41-30)21-10-5-4-6-11-21/h4-20H,1-3H3. The van der Waals surface area contributed by atoms with Gasteiger partial charge in [-0.05, 0) is 62.4 Å². The number of imidazole rings is 1. The Balaban J connectivity index is 1.43. The van der Waals surface area contributed by atoms with Crippen molar-refractivity contribution in [3.63, 3.8) is 0 Å². The van der Waals surface area contributed by atoms with Crippen LogP contribution in [0.1, 0.15) is 26.3 Å². The first-order valence-electron chi connectivity index (χ1n) is 15.3. The van der Waals surface area contributed by atoms with Crippen LogP contribution in [0.5, 0.6) is 0 Å². The molecule has 6 aromatic carbocycles. The van der Waals surface area contributed by atoms with Crippen molar-refractivity contribution in [2.45, 2.75) is 26.2 Å². The molecule has 2 aliphatic heterocycles. The largest absolute Gasteiger partial charge is 0.309 e. The summed E-state index contributed by atoms with van der Waals surface area (Å²) in [5, 5.41) is 8.02. The fourth-order valence-corrected chi connectivity index (χ4v) is 8.55. The van der Waals surface area contributed by atoms with Crippen LogP contribution in [0, 0.1) is 0 Å². The summed E-state index contributed by atoms with van der Waals surface area (Å²) in [5.41, 5.74) is 14.4. The topological polar surface area (TPSA) is 22.2 Å². The minimum atomic E-state index is 0.0607. The van der Waals surface area contributed by atoms with E-state index in [4.69, 9.17) is 4.98 Å². The molecule has 43 heavy (non-hydrogen) atoms. The van der Waals surface area contributed by atoms with E-state index in [2.05, 4.69) is 133 Å². The van der Waals surface area contributed by atoms with Gasteiger partial charge in [-0.25, -0.2) is 4.98 Å². The molecule has 11 rings (SSSR count). The summed E-state index contributed by atoms with van der Waals surface area (Å²) in [6.45, 7) is 7.11. The first kappa shape index (κ1) is 22.5. The molecule has 0 atom stereocenters. The normalized spacial score (nSPS) is 13.9. The van der Waals surface area contributed by atoms with Crippen LogP contribution >= 0.6 is 0 Å². The highest BCUT2D eigenvalue weighted by molar-refractivity contribution is 7.02. The number of hydrogen-bond acceptors (Lipinski definition) is 1. The second-order valence-electron chi connectivity index (χ2n) is 13.6.